The molecule has 0 bridgehead atoms. The molecule has 1 aliphatic rings. The molecule has 21 heavy (non-hydrogen) atoms. The Morgan fingerprint density at radius 1 is 1.38 bits per heavy atom. The standard InChI is InChI=1S/C15H26N2O2S2/c1-5-15(3,4)10-17-21(18,19)14-8-11(2)13(20-14)9-16-12-6-7-12/h8,12,16-17H,5-7,9-10H2,1-4H3. The highest BCUT2D eigenvalue weighted by Crippen LogP contribution is 2.28. The molecule has 0 unspecified atom stereocenters. The van der Waals surface area contributed by atoms with E-state index in [0.29, 0.717) is 16.8 Å². The van der Waals surface area contributed by atoms with Gasteiger partial charge in [-0.15, -0.1) is 11.3 Å². The number of thiophene rings is 1. The highest BCUT2D eigenvalue weighted by atomic mass is 32.2. The minimum atomic E-state index is -3.39. The highest BCUT2D eigenvalue weighted by molar-refractivity contribution is 7.91. The van der Waals surface area contributed by atoms with Crippen molar-refractivity contribution in [1.82, 2.24) is 10.0 Å². The molecule has 0 radical (unpaired) electrons. The first-order valence-electron chi connectivity index (χ1n) is 7.56. The maximum Gasteiger partial charge on any atom is 0.250 e. The molecule has 1 aromatic heterocycles. The average Bonchev–Trinajstić information content (AvgIpc) is 3.17. The normalized spacial score (nSPS) is 16.4. The lowest BCUT2D eigenvalue weighted by atomic mass is 9.91. The van der Waals surface area contributed by atoms with E-state index in [9.17, 15) is 8.42 Å². The summed E-state index contributed by atoms with van der Waals surface area (Å²) in [6.45, 7) is 9.44. The first kappa shape index (κ1) is 16.9. The van der Waals surface area contributed by atoms with Gasteiger partial charge < -0.3 is 5.32 Å². The van der Waals surface area contributed by atoms with Crippen LogP contribution in [0.1, 0.15) is 50.5 Å². The molecule has 0 aliphatic heterocycles. The molecule has 2 N–H and O–H groups in total. The van der Waals surface area contributed by atoms with Gasteiger partial charge in [-0.05, 0) is 43.2 Å². The molecule has 1 aromatic rings. The topological polar surface area (TPSA) is 58.2 Å². The van der Waals surface area contributed by atoms with Crippen molar-refractivity contribution in [3.63, 3.8) is 0 Å². The predicted molar refractivity (Wildman–Crippen MR) is 88.2 cm³/mol. The molecule has 6 heteroatoms. The lowest BCUT2D eigenvalue weighted by molar-refractivity contribution is 0.350. The van der Waals surface area contributed by atoms with Crippen molar-refractivity contribution in [2.24, 2.45) is 5.41 Å². The summed E-state index contributed by atoms with van der Waals surface area (Å²) < 4.78 is 28.0. The third-order valence-corrected chi connectivity index (χ3v) is 7.20. The monoisotopic (exact) mass is 330 g/mol. The van der Waals surface area contributed by atoms with Gasteiger partial charge in [0.25, 0.3) is 0 Å². The molecule has 1 saturated carbocycles. The average molecular weight is 331 g/mol. The number of sulfonamides is 1. The number of nitrogens with one attached hydrogen (secondary N) is 2. The summed E-state index contributed by atoms with van der Waals surface area (Å²) in [7, 11) is -3.39. The Morgan fingerprint density at radius 3 is 2.62 bits per heavy atom. The lowest BCUT2D eigenvalue weighted by Crippen LogP contribution is -2.33. The molecule has 120 valence electrons. The van der Waals surface area contributed by atoms with E-state index in [0.717, 1.165) is 23.4 Å². The second-order valence-corrected chi connectivity index (χ2v) is 9.80. The molecule has 4 nitrogen and oxygen atoms in total. The zero-order valence-electron chi connectivity index (χ0n) is 13.3. The molecule has 0 amide bonds. The van der Waals surface area contributed by atoms with Crippen LogP contribution in [0, 0.1) is 12.3 Å². The Labute approximate surface area is 132 Å². The van der Waals surface area contributed by atoms with Gasteiger partial charge in [-0.2, -0.15) is 0 Å². The fourth-order valence-electron chi connectivity index (χ4n) is 1.81. The third-order valence-electron chi connectivity index (χ3n) is 4.09. The Bertz CT molecular complexity index is 587. The van der Waals surface area contributed by atoms with Gasteiger partial charge in [0.1, 0.15) is 4.21 Å². The Kier molecular flexibility index (Phi) is 5.13. The first-order chi connectivity index (χ1) is 9.73. The highest BCUT2D eigenvalue weighted by Gasteiger charge is 2.24. The van der Waals surface area contributed by atoms with E-state index < -0.39 is 10.0 Å². The maximum absolute atomic E-state index is 12.4. The summed E-state index contributed by atoms with van der Waals surface area (Å²) >= 11 is 1.38. The van der Waals surface area contributed by atoms with Crippen LogP contribution in [-0.2, 0) is 16.6 Å². The van der Waals surface area contributed by atoms with Crippen LogP contribution in [-0.4, -0.2) is 21.0 Å². The van der Waals surface area contributed by atoms with Gasteiger partial charge in [0.15, 0.2) is 0 Å². The largest absolute Gasteiger partial charge is 0.309 e. The molecule has 0 atom stereocenters. The summed E-state index contributed by atoms with van der Waals surface area (Å²) in [6, 6.07) is 2.42. The molecular weight excluding hydrogens is 304 g/mol. The van der Waals surface area contributed by atoms with E-state index >= 15 is 0 Å². The summed E-state index contributed by atoms with van der Waals surface area (Å²) in [5.41, 5.74) is 1.04. The van der Waals surface area contributed by atoms with Crippen LogP contribution in [0.25, 0.3) is 0 Å². The van der Waals surface area contributed by atoms with Crippen molar-refractivity contribution in [1.29, 1.82) is 0 Å². The Morgan fingerprint density at radius 2 is 2.05 bits per heavy atom. The molecule has 0 saturated heterocycles. The van der Waals surface area contributed by atoms with Gasteiger partial charge in [-0.25, -0.2) is 13.1 Å². The maximum atomic E-state index is 12.4. The third kappa shape index (κ3) is 4.77. The zero-order valence-corrected chi connectivity index (χ0v) is 15.0. The van der Waals surface area contributed by atoms with Gasteiger partial charge in [0, 0.05) is 24.0 Å². The van der Waals surface area contributed by atoms with Crippen molar-refractivity contribution < 1.29 is 8.42 Å². The van der Waals surface area contributed by atoms with E-state index in [1.807, 2.05) is 6.92 Å². The van der Waals surface area contributed by atoms with E-state index in [4.69, 9.17) is 0 Å². The van der Waals surface area contributed by atoms with Crippen LogP contribution in [0.3, 0.4) is 0 Å². The van der Waals surface area contributed by atoms with Crippen LogP contribution in [0.2, 0.25) is 0 Å². The van der Waals surface area contributed by atoms with Crippen molar-refractivity contribution in [3.8, 4) is 0 Å². The van der Waals surface area contributed by atoms with Gasteiger partial charge in [-0.3, -0.25) is 0 Å². The number of hydrogen-bond donors (Lipinski definition) is 2. The predicted octanol–water partition coefficient (Wildman–Crippen LogP) is 3.02. The van der Waals surface area contributed by atoms with E-state index in [1.165, 1.54) is 24.2 Å². The number of hydrogen-bond acceptors (Lipinski definition) is 4. The summed E-state index contributed by atoms with van der Waals surface area (Å²) in [5.74, 6) is 0. The SMILES string of the molecule is CCC(C)(C)CNS(=O)(=O)c1cc(C)c(CNC2CC2)s1. The van der Waals surface area contributed by atoms with Crippen LogP contribution in [0.5, 0.6) is 0 Å². The first-order valence-corrected chi connectivity index (χ1v) is 9.86. The molecule has 0 aromatic carbocycles. The van der Waals surface area contributed by atoms with Gasteiger partial charge in [0.2, 0.25) is 10.0 Å². The van der Waals surface area contributed by atoms with Crippen molar-refractivity contribution in [3.05, 3.63) is 16.5 Å². The number of aryl methyl sites for hydroxylation is 1. The molecule has 2 rings (SSSR count). The zero-order chi connectivity index (χ0) is 15.7. The summed E-state index contributed by atoms with van der Waals surface area (Å²) in [4.78, 5) is 1.12. The van der Waals surface area contributed by atoms with E-state index in [-0.39, 0.29) is 5.41 Å². The summed E-state index contributed by atoms with van der Waals surface area (Å²) in [5, 5.41) is 3.44. The quantitative estimate of drug-likeness (QED) is 0.770. The van der Waals surface area contributed by atoms with E-state index in [1.54, 1.807) is 6.07 Å². The Hall–Kier alpha value is -0.430. The lowest BCUT2D eigenvalue weighted by Gasteiger charge is -2.22. The van der Waals surface area contributed by atoms with Crippen LogP contribution < -0.4 is 10.0 Å². The summed E-state index contributed by atoms with van der Waals surface area (Å²) in [6.07, 6.45) is 3.42. The second-order valence-electron chi connectivity index (χ2n) is 6.67. The fourth-order valence-corrected chi connectivity index (χ4v) is 4.63. The van der Waals surface area contributed by atoms with Crippen LogP contribution >= 0.6 is 11.3 Å². The van der Waals surface area contributed by atoms with Gasteiger partial charge >= 0.3 is 0 Å². The minimum absolute atomic E-state index is 0.0181. The number of rotatable bonds is 8. The molecule has 0 spiro atoms. The van der Waals surface area contributed by atoms with Crippen LogP contribution in [0.4, 0.5) is 0 Å². The minimum Gasteiger partial charge on any atom is -0.309 e. The molecule has 1 fully saturated rings. The van der Waals surface area contributed by atoms with Crippen molar-refractivity contribution in [2.75, 3.05) is 6.54 Å². The molecular formula is C15H26N2O2S2. The smallest absolute Gasteiger partial charge is 0.250 e. The van der Waals surface area contributed by atoms with Gasteiger partial charge in [-0.1, -0.05) is 20.8 Å². The molecule has 1 heterocycles. The van der Waals surface area contributed by atoms with Gasteiger partial charge in [0.05, 0.1) is 0 Å². The van der Waals surface area contributed by atoms with Crippen LogP contribution in [0.15, 0.2) is 10.3 Å². The second kappa shape index (κ2) is 6.36. The van der Waals surface area contributed by atoms with Crippen molar-refractivity contribution >= 4 is 21.4 Å². The fraction of sp³-hybridized carbons (Fsp3) is 0.733. The van der Waals surface area contributed by atoms with E-state index in [2.05, 4.69) is 30.8 Å². The Balaban J connectivity index is 2.03. The molecule has 1 aliphatic carbocycles. The van der Waals surface area contributed by atoms with Crippen molar-refractivity contribution in [2.45, 2.75) is 63.8 Å².